The van der Waals surface area contributed by atoms with E-state index in [9.17, 15) is 0 Å². The van der Waals surface area contributed by atoms with Crippen LogP contribution in [0.2, 0.25) is 0 Å². The summed E-state index contributed by atoms with van der Waals surface area (Å²) < 4.78 is 1.30. The highest BCUT2D eigenvalue weighted by atomic mass is 32.1. The molecule has 0 unspecified atom stereocenters. The lowest BCUT2D eigenvalue weighted by molar-refractivity contribution is 1.15. The number of thiophene rings is 1. The molecule has 0 amide bonds. The van der Waals surface area contributed by atoms with E-state index in [1.807, 2.05) is 6.07 Å². The second-order valence-electron chi connectivity index (χ2n) is 3.03. The maximum absolute atomic E-state index is 5.76. The Hall–Kier alpha value is -0.670. The van der Waals surface area contributed by atoms with Crippen molar-refractivity contribution in [1.82, 2.24) is 0 Å². The molecule has 0 spiro atoms. The zero-order valence-electron chi connectivity index (χ0n) is 7.37. The van der Waals surface area contributed by atoms with Crippen molar-refractivity contribution in [3.63, 3.8) is 0 Å². The van der Waals surface area contributed by atoms with Gasteiger partial charge >= 0.3 is 0 Å². The molecule has 2 rings (SSSR count). The highest BCUT2D eigenvalue weighted by Crippen LogP contribution is 2.32. The number of thiol groups is 1. The summed E-state index contributed by atoms with van der Waals surface area (Å²) in [5, 5.41) is 2.09. The number of benzene rings is 1. The van der Waals surface area contributed by atoms with Crippen molar-refractivity contribution < 1.29 is 0 Å². The van der Waals surface area contributed by atoms with Crippen molar-refractivity contribution in [2.24, 2.45) is 0 Å². The van der Waals surface area contributed by atoms with Crippen LogP contribution in [0, 0.1) is 0 Å². The molecule has 1 aromatic heterocycles. The second-order valence-corrected chi connectivity index (χ2v) is 4.63. The standard InChI is InChI=1S/C10H11NS2/c1-2-6-3-8(12)4-7-5-9(11)13-10(6)7/h3-5,12H,2,11H2,1H3. The summed E-state index contributed by atoms with van der Waals surface area (Å²) in [5.41, 5.74) is 7.10. The number of hydrogen-bond donors (Lipinski definition) is 2. The number of hydrogen-bond acceptors (Lipinski definition) is 3. The maximum Gasteiger partial charge on any atom is 0.0868 e. The van der Waals surface area contributed by atoms with Crippen LogP contribution in [0.5, 0.6) is 0 Å². The van der Waals surface area contributed by atoms with Crippen molar-refractivity contribution in [3.8, 4) is 0 Å². The van der Waals surface area contributed by atoms with E-state index in [4.69, 9.17) is 5.73 Å². The molecule has 0 fully saturated rings. The lowest BCUT2D eigenvalue weighted by Gasteiger charge is -2.00. The highest BCUT2D eigenvalue weighted by Gasteiger charge is 2.04. The molecular formula is C10H11NS2. The van der Waals surface area contributed by atoms with E-state index < -0.39 is 0 Å². The Kier molecular flexibility index (Phi) is 2.22. The van der Waals surface area contributed by atoms with Crippen LogP contribution in [0.15, 0.2) is 23.1 Å². The molecule has 0 saturated carbocycles. The van der Waals surface area contributed by atoms with E-state index in [1.54, 1.807) is 11.3 Å². The third-order valence-electron chi connectivity index (χ3n) is 2.08. The average molecular weight is 209 g/mol. The van der Waals surface area contributed by atoms with Gasteiger partial charge < -0.3 is 5.73 Å². The molecule has 68 valence electrons. The van der Waals surface area contributed by atoms with Crippen molar-refractivity contribution >= 4 is 39.1 Å². The van der Waals surface area contributed by atoms with Crippen molar-refractivity contribution in [2.75, 3.05) is 5.73 Å². The van der Waals surface area contributed by atoms with Crippen LogP contribution in [-0.4, -0.2) is 0 Å². The molecule has 0 bridgehead atoms. The van der Waals surface area contributed by atoms with Gasteiger partial charge in [0.05, 0.1) is 5.00 Å². The average Bonchev–Trinajstić information content (AvgIpc) is 2.43. The lowest BCUT2D eigenvalue weighted by atomic mass is 10.1. The first-order valence-corrected chi connectivity index (χ1v) is 5.48. The Labute approximate surface area is 87.0 Å². The van der Waals surface area contributed by atoms with Crippen LogP contribution in [0.1, 0.15) is 12.5 Å². The number of nitrogen functional groups attached to an aromatic ring is 1. The van der Waals surface area contributed by atoms with E-state index in [2.05, 4.69) is 31.7 Å². The molecule has 0 aliphatic carbocycles. The van der Waals surface area contributed by atoms with Gasteiger partial charge in [0.15, 0.2) is 0 Å². The minimum Gasteiger partial charge on any atom is -0.391 e. The largest absolute Gasteiger partial charge is 0.391 e. The van der Waals surface area contributed by atoms with E-state index in [1.165, 1.54) is 15.6 Å². The van der Waals surface area contributed by atoms with Gasteiger partial charge in [-0.1, -0.05) is 6.92 Å². The molecule has 1 heterocycles. The summed E-state index contributed by atoms with van der Waals surface area (Å²) >= 11 is 6.01. The fraction of sp³-hybridized carbons (Fsp3) is 0.200. The first kappa shape index (κ1) is 8.91. The molecule has 2 N–H and O–H groups in total. The molecule has 0 atom stereocenters. The molecule has 1 nitrogen and oxygen atoms in total. The molecule has 0 saturated heterocycles. The van der Waals surface area contributed by atoms with Crippen LogP contribution in [0.4, 0.5) is 5.00 Å². The van der Waals surface area contributed by atoms with E-state index in [-0.39, 0.29) is 0 Å². The van der Waals surface area contributed by atoms with Crippen LogP contribution in [0.3, 0.4) is 0 Å². The predicted molar refractivity (Wildman–Crippen MR) is 62.9 cm³/mol. The minimum absolute atomic E-state index is 0.878. The van der Waals surface area contributed by atoms with Crippen LogP contribution in [-0.2, 0) is 6.42 Å². The molecule has 3 heteroatoms. The Bertz CT molecular complexity index is 445. The number of nitrogens with two attached hydrogens (primary N) is 1. The number of anilines is 1. The molecule has 2 aromatic rings. The minimum atomic E-state index is 0.878. The first-order chi connectivity index (χ1) is 6.20. The van der Waals surface area contributed by atoms with Crippen molar-refractivity contribution in [3.05, 3.63) is 23.8 Å². The van der Waals surface area contributed by atoms with Crippen LogP contribution in [0.25, 0.3) is 10.1 Å². The van der Waals surface area contributed by atoms with Gasteiger partial charge in [-0.25, -0.2) is 0 Å². The molecule has 0 aliphatic rings. The van der Waals surface area contributed by atoms with Gasteiger partial charge in [0.2, 0.25) is 0 Å². The summed E-state index contributed by atoms with van der Waals surface area (Å²) in [6.07, 6.45) is 1.03. The zero-order chi connectivity index (χ0) is 9.42. The smallest absolute Gasteiger partial charge is 0.0868 e. The third kappa shape index (κ3) is 1.54. The predicted octanol–water partition coefficient (Wildman–Crippen LogP) is 3.33. The van der Waals surface area contributed by atoms with Gasteiger partial charge in [0, 0.05) is 9.60 Å². The van der Waals surface area contributed by atoms with E-state index in [0.29, 0.717) is 0 Å². The Morgan fingerprint density at radius 3 is 2.85 bits per heavy atom. The number of rotatable bonds is 1. The molecule has 13 heavy (non-hydrogen) atoms. The molecule has 1 aromatic carbocycles. The zero-order valence-corrected chi connectivity index (χ0v) is 9.08. The normalized spacial score (nSPS) is 10.9. The SMILES string of the molecule is CCc1cc(S)cc2cc(N)sc12. The number of aryl methyl sites for hydroxylation is 1. The fourth-order valence-corrected chi connectivity index (χ4v) is 2.78. The van der Waals surface area contributed by atoms with E-state index in [0.717, 1.165) is 16.3 Å². The third-order valence-corrected chi connectivity index (χ3v) is 3.39. The molecule has 0 aliphatic heterocycles. The molecular weight excluding hydrogens is 198 g/mol. The summed E-state index contributed by atoms with van der Waals surface area (Å²) in [6.45, 7) is 2.15. The summed E-state index contributed by atoms with van der Waals surface area (Å²) in [5.74, 6) is 0. The Balaban J connectivity index is 2.80. The number of fused-ring (bicyclic) bond motifs is 1. The van der Waals surface area contributed by atoms with Crippen molar-refractivity contribution in [1.29, 1.82) is 0 Å². The van der Waals surface area contributed by atoms with E-state index >= 15 is 0 Å². The summed E-state index contributed by atoms with van der Waals surface area (Å²) in [7, 11) is 0. The van der Waals surface area contributed by atoms with Crippen molar-refractivity contribution in [2.45, 2.75) is 18.2 Å². The second kappa shape index (κ2) is 3.24. The fourth-order valence-electron chi connectivity index (χ4n) is 1.49. The maximum atomic E-state index is 5.76. The highest BCUT2D eigenvalue weighted by molar-refractivity contribution is 7.80. The monoisotopic (exact) mass is 209 g/mol. The summed E-state index contributed by atoms with van der Waals surface area (Å²) in [4.78, 5) is 1.02. The van der Waals surface area contributed by atoms with Gasteiger partial charge in [0.1, 0.15) is 0 Å². The first-order valence-electron chi connectivity index (χ1n) is 4.21. The van der Waals surface area contributed by atoms with Gasteiger partial charge in [-0.15, -0.1) is 24.0 Å². The Morgan fingerprint density at radius 1 is 1.38 bits per heavy atom. The topological polar surface area (TPSA) is 26.0 Å². The Morgan fingerprint density at radius 2 is 2.15 bits per heavy atom. The van der Waals surface area contributed by atoms with Gasteiger partial charge in [-0.2, -0.15) is 0 Å². The van der Waals surface area contributed by atoms with Gasteiger partial charge in [-0.3, -0.25) is 0 Å². The van der Waals surface area contributed by atoms with Crippen LogP contribution >= 0.6 is 24.0 Å². The summed E-state index contributed by atoms with van der Waals surface area (Å²) in [6, 6.07) is 6.19. The molecule has 0 radical (unpaired) electrons. The lowest BCUT2D eigenvalue weighted by Crippen LogP contribution is -1.79. The van der Waals surface area contributed by atoms with Gasteiger partial charge in [-0.05, 0) is 35.6 Å². The van der Waals surface area contributed by atoms with Crippen LogP contribution < -0.4 is 5.73 Å². The van der Waals surface area contributed by atoms with Gasteiger partial charge in [0.25, 0.3) is 0 Å². The quantitative estimate of drug-likeness (QED) is 0.692.